The Labute approximate surface area is 199 Å². The lowest BCUT2D eigenvalue weighted by Crippen LogP contribution is -2.54. The first-order chi connectivity index (χ1) is 16.6. The molecule has 3 N–H and O–H groups in total. The van der Waals surface area contributed by atoms with Gasteiger partial charge in [-0.3, -0.25) is 9.78 Å². The van der Waals surface area contributed by atoms with E-state index in [1.165, 1.54) is 12.8 Å². The molecule has 192 valence electrons. The molecular weight excluding hydrogens is 471 g/mol. The van der Waals surface area contributed by atoms with Crippen LogP contribution in [0.2, 0.25) is 0 Å². The molecule has 3 aliphatic rings. The summed E-state index contributed by atoms with van der Waals surface area (Å²) in [5, 5.41) is 17.2. The third-order valence-electron chi connectivity index (χ3n) is 6.03. The minimum atomic E-state index is -5.08. The van der Waals surface area contributed by atoms with Crippen LogP contribution < -0.4 is 10.6 Å². The van der Waals surface area contributed by atoms with Crippen LogP contribution in [0.25, 0.3) is 0 Å². The Bertz CT molecular complexity index is 937. The van der Waals surface area contributed by atoms with Gasteiger partial charge >= 0.3 is 18.2 Å². The van der Waals surface area contributed by atoms with Gasteiger partial charge in [-0.2, -0.15) is 13.2 Å². The van der Waals surface area contributed by atoms with E-state index in [0.29, 0.717) is 37.8 Å². The SMILES string of the molecule is O=C(NCc1cccnc1)C1=NOC2(CCCN(C(=O)NC3CCCC3)C2)C1.O=C(O)C(F)(F)F. The molecule has 1 saturated heterocycles. The topological polar surface area (TPSA) is 133 Å². The van der Waals surface area contributed by atoms with Crippen molar-refractivity contribution in [1.29, 1.82) is 0 Å². The average molecular weight is 499 g/mol. The standard InChI is InChI=1S/C20H27N5O3.C2HF3O2/c26-18(22-13-15-5-3-9-21-12-15)17-11-20(28-24-17)8-4-10-25(14-20)19(27)23-16-6-1-2-7-16;3-2(4,5)1(6)7/h3,5,9,12,16H,1-2,4,6-8,10-11,13-14H2,(H,22,26)(H,23,27);(H,6,7). The highest BCUT2D eigenvalue weighted by atomic mass is 19.4. The second-order valence-electron chi connectivity index (χ2n) is 8.79. The molecule has 10 nitrogen and oxygen atoms in total. The zero-order valence-electron chi connectivity index (χ0n) is 19.0. The Balaban J connectivity index is 0.000000429. The number of carbonyl (C=O) groups is 3. The molecule has 0 bridgehead atoms. The van der Waals surface area contributed by atoms with Crippen LogP contribution in [-0.2, 0) is 21.0 Å². The van der Waals surface area contributed by atoms with E-state index in [0.717, 1.165) is 31.2 Å². The third-order valence-corrected chi connectivity index (χ3v) is 6.03. The Morgan fingerprint density at radius 2 is 1.94 bits per heavy atom. The van der Waals surface area contributed by atoms with Crippen molar-refractivity contribution in [1.82, 2.24) is 20.5 Å². The maximum absolute atomic E-state index is 12.6. The van der Waals surface area contributed by atoms with Crippen molar-refractivity contribution in [2.24, 2.45) is 5.16 Å². The number of aromatic nitrogens is 1. The normalized spacial score (nSPS) is 22.0. The van der Waals surface area contributed by atoms with Crippen molar-refractivity contribution < 1.29 is 37.5 Å². The molecule has 4 rings (SSSR count). The summed E-state index contributed by atoms with van der Waals surface area (Å²) >= 11 is 0. The predicted molar refractivity (Wildman–Crippen MR) is 117 cm³/mol. The molecule has 1 unspecified atom stereocenters. The molecular formula is C22H28F3N5O5. The van der Waals surface area contributed by atoms with E-state index in [4.69, 9.17) is 14.7 Å². The van der Waals surface area contributed by atoms with Crippen LogP contribution in [0.1, 0.15) is 50.5 Å². The number of amides is 3. The predicted octanol–water partition coefficient (Wildman–Crippen LogP) is 2.59. The number of pyridine rings is 1. The molecule has 2 fully saturated rings. The number of aliphatic carboxylic acids is 1. The number of halogens is 3. The van der Waals surface area contributed by atoms with E-state index >= 15 is 0 Å². The number of carboxylic acid groups (broad SMARTS) is 1. The minimum absolute atomic E-state index is 0.0240. The molecule has 1 saturated carbocycles. The number of carboxylic acids is 1. The third kappa shape index (κ3) is 7.55. The number of hydrogen-bond acceptors (Lipinski definition) is 6. The summed E-state index contributed by atoms with van der Waals surface area (Å²) in [5.41, 5.74) is 0.742. The lowest BCUT2D eigenvalue weighted by atomic mass is 9.88. The molecule has 1 aliphatic carbocycles. The number of likely N-dealkylation sites (tertiary alicyclic amines) is 1. The van der Waals surface area contributed by atoms with Crippen molar-refractivity contribution in [3.05, 3.63) is 30.1 Å². The lowest BCUT2D eigenvalue weighted by molar-refractivity contribution is -0.192. The second-order valence-corrected chi connectivity index (χ2v) is 8.79. The average Bonchev–Trinajstić information content (AvgIpc) is 3.48. The minimum Gasteiger partial charge on any atom is -0.475 e. The fourth-order valence-electron chi connectivity index (χ4n) is 4.26. The van der Waals surface area contributed by atoms with E-state index in [1.807, 2.05) is 17.0 Å². The molecule has 0 aromatic carbocycles. The first-order valence-corrected chi connectivity index (χ1v) is 11.4. The summed E-state index contributed by atoms with van der Waals surface area (Å²) in [6.45, 7) is 1.58. The summed E-state index contributed by atoms with van der Waals surface area (Å²) in [6.07, 6.45) is 4.89. The molecule has 1 aromatic rings. The van der Waals surface area contributed by atoms with Crippen LogP contribution in [0.15, 0.2) is 29.7 Å². The quantitative estimate of drug-likeness (QED) is 0.583. The van der Waals surface area contributed by atoms with E-state index < -0.39 is 17.7 Å². The number of alkyl halides is 3. The molecule has 35 heavy (non-hydrogen) atoms. The molecule has 1 aromatic heterocycles. The number of nitrogens with zero attached hydrogens (tertiary/aromatic N) is 3. The molecule has 3 amide bonds. The summed E-state index contributed by atoms with van der Waals surface area (Å²) in [6, 6.07) is 4.01. The number of hydrogen-bond donors (Lipinski definition) is 3. The highest BCUT2D eigenvalue weighted by Crippen LogP contribution is 2.33. The molecule has 3 heterocycles. The number of carbonyl (C=O) groups excluding carboxylic acids is 2. The summed E-state index contributed by atoms with van der Waals surface area (Å²) in [7, 11) is 0. The van der Waals surface area contributed by atoms with E-state index in [-0.39, 0.29) is 11.9 Å². The van der Waals surface area contributed by atoms with Gasteiger partial charge in [0.2, 0.25) is 0 Å². The Hall–Kier alpha value is -3.38. The van der Waals surface area contributed by atoms with Gasteiger partial charge in [0, 0.05) is 37.9 Å². The zero-order valence-corrected chi connectivity index (χ0v) is 19.0. The van der Waals surface area contributed by atoms with E-state index in [2.05, 4.69) is 20.8 Å². The van der Waals surface area contributed by atoms with Gasteiger partial charge in [-0.25, -0.2) is 9.59 Å². The molecule has 1 spiro atoms. The molecule has 1 atom stereocenters. The Morgan fingerprint density at radius 3 is 2.57 bits per heavy atom. The van der Waals surface area contributed by atoms with E-state index in [9.17, 15) is 22.8 Å². The van der Waals surface area contributed by atoms with Gasteiger partial charge in [0.15, 0.2) is 5.60 Å². The van der Waals surface area contributed by atoms with Gasteiger partial charge in [0.25, 0.3) is 5.91 Å². The highest BCUT2D eigenvalue weighted by Gasteiger charge is 2.45. The van der Waals surface area contributed by atoms with Gasteiger partial charge < -0.3 is 25.5 Å². The van der Waals surface area contributed by atoms with Gasteiger partial charge in [-0.15, -0.1) is 0 Å². The second kappa shape index (κ2) is 11.4. The largest absolute Gasteiger partial charge is 0.490 e. The van der Waals surface area contributed by atoms with Crippen LogP contribution in [0.5, 0.6) is 0 Å². The van der Waals surface area contributed by atoms with Gasteiger partial charge in [-0.05, 0) is 37.3 Å². The number of oxime groups is 1. The van der Waals surface area contributed by atoms with E-state index in [1.54, 1.807) is 12.4 Å². The van der Waals surface area contributed by atoms with Crippen molar-refractivity contribution in [2.45, 2.75) is 69.3 Å². The van der Waals surface area contributed by atoms with Crippen LogP contribution in [0.3, 0.4) is 0 Å². The van der Waals surface area contributed by atoms with Crippen LogP contribution in [-0.4, -0.2) is 69.5 Å². The maximum atomic E-state index is 12.6. The molecule has 13 heteroatoms. The number of rotatable bonds is 4. The van der Waals surface area contributed by atoms with Gasteiger partial charge in [0.1, 0.15) is 5.71 Å². The van der Waals surface area contributed by atoms with Crippen molar-refractivity contribution in [3.8, 4) is 0 Å². The van der Waals surface area contributed by atoms with Gasteiger partial charge in [0.05, 0.1) is 6.54 Å². The van der Waals surface area contributed by atoms with Crippen LogP contribution in [0, 0.1) is 0 Å². The van der Waals surface area contributed by atoms with Crippen LogP contribution >= 0.6 is 0 Å². The van der Waals surface area contributed by atoms with Crippen molar-refractivity contribution in [3.63, 3.8) is 0 Å². The van der Waals surface area contributed by atoms with Gasteiger partial charge in [-0.1, -0.05) is 24.1 Å². The number of urea groups is 1. The van der Waals surface area contributed by atoms with Crippen molar-refractivity contribution >= 4 is 23.6 Å². The first kappa shape index (κ1) is 26.2. The summed E-state index contributed by atoms with van der Waals surface area (Å²) in [5.74, 6) is -2.99. The fourth-order valence-corrected chi connectivity index (χ4v) is 4.26. The molecule has 2 aliphatic heterocycles. The highest BCUT2D eigenvalue weighted by molar-refractivity contribution is 6.39. The van der Waals surface area contributed by atoms with Crippen molar-refractivity contribution in [2.75, 3.05) is 13.1 Å². The first-order valence-electron chi connectivity index (χ1n) is 11.4. The summed E-state index contributed by atoms with van der Waals surface area (Å²) < 4.78 is 31.7. The zero-order chi connectivity index (χ0) is 25.5. The van der Waals surface area contributed by atoms with Crippen LogP contribution in [0.4, 0.5) is 18.0 Å². The fraction of sp³-hybridized carbons (Fsp3) is 0.591. The lowest BCUT2D eigenvalue weighted by Gasteiger charge is -2.38. The number of nitrogens with one attached hydrogen (secondary N) is 2. The Kier molecular flexibility index (Phi) is 8.52. The number of piperidine rings is 1. The Morgan fingerprint density at radius 1 is 1.23 bits per heavy atom. The maximum Gasteiger partial charge on any atom is 0.490 e. The smallest absolute Gasteiger partial charge is 0.475 e. The monoisotopic (exact) mass is 499 g/mol. The summed E-state index contributed by atoms with van der Waals surface area (Å²) in [4.78, 5) is 45.5. The molecule has 0 radical (unpaired) electrons.